The van der Waals surface area contributed by atoms with E-state index in [1.165, 1.54) is 0 Å². The zero-order valence-corrected chi connectivity index (χ0v) is 19.7. The Kier molecular flexibility index (Phi) is 8.02. The molecule has 5 unspecified atom stereocenters. The standard InChI is InChI=1S/C25H31N3O7/c1-2-33-24-19(14-21(29)35-24)26-22(30)20-13-12-17-10-6-7-11-18(23(31)28(17)20)27-25(32)34-15-16-8-4-3-5-9-16/h3-9,17-20,24H,2,10-15H2,1H3,(H,26,30)(H,27,32)/b7-6-. The van der Waals surface area contributed by atoms with Crippen molar-refractivity contribution in [1.82, 2.24) is 15.5 Å². The lowest BCUT2D eigenvalue weighted by atomic mass is 10.0. The fraction of sp³-hybridized carbons (Fsp3) is 0.520. The van der Waals surface area contributed by atoms with Gasteiger partial charge in [0.15, 0.2) is 0 Å². The third kappa shape index (κ3) is 6.00. The molecule has 0 spiro atoms. The Balaban J connectivity index is 1.40. The number of hydrogen-bond donors (Lipinski definition) is 2. The first-order valence-electron chi connectivity index (χ1n) is 12.0. The molecule has 1 aromatic carbocycles. The number of fused-ring (bicyclic) bond motifs is 1. The van der Waals surface area contributed by atoms with Crippen LogP contribution in [0, 0.1) is 0 Å². The van der Waals surface area contributed by atoms with Crippen molar-refractivity contribution in [3.63, 3.8) is 0 Å². The molecule has 3 aliphatic heterocycles. The second-order valence-corrected chi connectivity index (χ2v) is 8.83. The highest BCUT2D eigenvalue weighted by atomic mass is 16.7. The van der Waals surface area contributed by atoms with Crippen LogP contribution in [-0.2, 0) is 35.2 Å². The number of ether oxygens (including phenoxy) is 3. The summed E-state index contributed by atoms with van der Waals surface area (Å²) in [5, 5.41) is 5.50. The van der Waals surface area contributed by atoms with Crippen molar-refractivity contribution in [2.24, 2.45) is 0 Å². The van der Waals surface area contributed by atoms with Crippen molar-refractivity contribution < 1.29 is 33.4 Å². The third-order valence-electron chi connectivity index (χ3n) is 6.43. The van der Waals surface area contributed by atoms with Crippen LogP contribution in [0.25, 0.3) is 0 Å². The molecule has 2 saturated heterocycles. The highest BCUT2D eigenvalue weighted by Crippen LogP contribution is 2.30. The zero-order chi connectivity index (χ0) is 24.8. The van der Waals surface area contributed by atoms with Crippen LogP contribution in [0.15, 0.2) is 42.5 Å². The number of amides is 3. The minimum Gasteiger partial charge on any atom is -0.445 e. The van der Waals surface area contributed by atoms with Gasteiger partial charge in [0.25, 0.3) is 0 Å². The van der Waals surface area contributed by atoms with Gasteiger partial charge >= 0.3 is 12.1 Å². The summed E-state index contributed by atoms with van der Waals surface area (Å²) in [5.41, 5.74) is 0.836. The number of esters is 1. The van der Waals surface area contributed by atoms with E-state index in [2.05, 4.69) is 10.6 Å². The van der Waals surface area contributed by atoms with Gasteiger partial charge in [-0.15, -0.1) is 0 Å². The van der Waals surface area contributed by atoms with Crippen LogP contribution in [0.2, 0.25) is 0 Å². The molecular weight excluding hydrogens is 454 g/mol. The van der Waals surface area contributed by atoms with Crippen molar-refractivity contribution in [2.45, 2.75) is 76.1 Å². The topological polar surface area (TPSA) is 123 Å². The summed E-state index contributed by atoms with van der Waals surface area (Å²) in [7, 11) is 0. The van der Waals surface area contributed by atoms with Gasteiger partial charge in [-0.3, -0.25) is 14.4 Å². The maximum atomic E-state index is 13.5. The highest BCUT2D eigenvalue weighted by Gasteiger charge is 2.45. The van der Waals surface area contributed by atoms with Crippen LogP contribution < -0.4 is 10.6 Å². The maximum Gasteiger partial charge on any atom is 0.408 e. The predicted octanol–water partition coefficient (Wildman–Crippen LogP) is 1.79. The van der Waals surface area contributed by atoms with Crippen LogP contribution in [-0.4, -0.2) is 65.8 Å². The number of benzene rings is 1. The van der Waals surface area contributed by atoms with Gasteiger partial charge in [-0.25, -0.2) is 4.79 Å². The Morgan fingerprint density at radius 2 is 1.86 bits per heavy atom. The molecule has 2 N–H and O–H groups in total. The Labute approximate surface area is 204 Å². The molecule has 10 heteroatoms. The SMILES string of the molecule is CCOC1OC(=O)CC1NC(=O)C1CCC2C/C=C\CC(NC(=O)OCc3ccccc3)C(=O)N21. The van der Waals surface area contributed by atoms with Gasteiger partial charge in [-0.1, -0.05) is 42.5 Å². The molecule has 0 saturated carbocycles. The molecule has 3 amide bonds. The average molecular weight is 486 g/mol. The Morgan fingerprint density at radius 1 is 1.09 bits per heavy atom. The molecular formula is C25H31N3O7. The molecule has 0 bridgehead atoms. The van der Waals surface area contributed by atoms with Crippen molar-refractivity contribution in [3.05, 3.63) is 48.0 Å². The van der Waals surface area contributed by atoms with Crippen molar-refractivity contribution in [3.8, 4) is 0 Å². The van der Waals surface area contributed by atoms with E-state index in [0.29, 0.717) is 32.3 Å². The van der Waals surface area contributed by atoms with Crippen LogP contribution >= 0.6 is 0 Å². The number of hydrogen-bond acceptors (Lipinski definition) is 7. The number of carbonyl (C=O) groups is 4. The minimum absolute atomic E-state index is 0.0146. The highest BCUT2D eigenvalue weighted by molar-refractivity contribution is 5.92. The number of nitrogens with one attached hydrogen (secondary N) is 2. The van der Waals surface area contributed by atoms with Crippen LogP contribution in [0.1, 0.15) is 44.6 Å². The van der Waals surface area contributed by atoms with E-state index in [-0.39, 0.29) is 30.9 Å². The largest absolute Gasteiger partial charge is 0.445 e. The van der Waals surface area contributed by atoms with E-state index in [1.54, 1.807) is 11.8 Å². The maximum absolute atomic E-state index is 13.5. The first-order chi connectivity index (χ1) is 17.0. The first kappa shape index (κ1) is 24.7. The van der Waals surface area contributed by atoms with Gasteiger partial charge in [-0.2, -0.15) is 0 Å². The molecule has 3 heterocycles. The Morgan fingerprint density at radius 3 is 2.63 bits per heavy atom. The van der Waals surface area contributed by atoms with Gasteiger partial charge < -0.3 is 29.7 Å². The molecule has 188 valence electrons. The minimum atomic E-state index is -0.849. The zero-order valence-electron chi connectivity index (χ0n) is 19.7. The van der Waals surface area contributed by atoms with E-state index >= 15 is 0 Å². The monoisotopic (exact) mass is 485 g/mol. The summed E-state index contributed by atoms with van der Waals surface area (Å²) in [5.74, 6) is -1.12. The van der Waals surface area contributed by atoms with E-state index in [4.69, 9.17) is 14.2 Å². The summed E-state index contributed by atoms with van der Waals surface area (Å²) < 4.78 is 15.8. The summed E-state index contributed by atoms with van der Waals surface area (Å²) >= 11 is 0. The summed E-state index contributed by atoms with van der Waals surface area (Å²) in [6.07, 6.45) is 4.41. The van der Waals surface area contributed by atoms with E-state index < -0.39 is 36.5 Å². The lowest BCUT2D eigenvalue weighted by Gasteiger charge is -2.34. The number of rotatable bonds is 7. The van der Waals surface area contributed by atoms with E-state index in [0.717, 1.165) is 5.56 Å². The van der Waals surface area contributed by atoms with E-state index in [9.17, 15) is 19.2 Å². The van der Waals surface area contributed by atoms with E-state index in [1.807, 2.05) is 42.5 Å². The number of nitrogens with zero attached hydrogens (tertiary/aromatic N) is 1. The normalized spacial score (nSPS) is 28.9. The number of carbonyl (C=O) groups excluding carboxylic acids is 4. The molecule has 35 heavy (non-hydrogen) atoms. The fourth-order valence-corrected chi connectivity index (χ4v) is 4.75. The van der Waals surface area contributed by atoms with Gasteiger partial charge in [0.1, 0.15) is 24.7 Å². The second kappa shape index (κ2) is 11.4. The summed E-state index contributed by atoms with van der Waals surface area (Å²) in [6, 6.07) is 6.94. The van der Waals surface area contributed by atoms with Gasteiger partial charge in [-0.05, 0) is 38.2 Å². The molecule has 0 aliphatic carbocycles. The third-order valence-corrected chi connectivity index (χ3v) is 6.43. The molecule has 2 fully saturated rings. The quantitative estimate of drug-likeness (QED) is 0.446. The van der Waals surface area contributed by atoms with Gasteiger partial charge in [0.05, 0.1) is 6.42 Å². The van der Waals surface area contributed by atoms with Crippen LogP contribution in [0.5, 0.6) is 0 Å². The van der Waals surface area contributed by atoms with Crippen LogP contribution in [0.3, 0.4) is 0 Å². The van der Waals surface area contributed by atoms with Crippen molar-refractivity contribution in [2.75, 3.05) is 6.61 Å². The fourth-order valence-electron chi connectivity index (χ4n) is 4.75. The molecule has 3 aliphatic rings. The summed E-state index contributed by atoms with van der Waals surface area (Å²) in [4.78, 5) is 52.4. The second-order valence-electron chi connectivity index (χ2n) is 8.83. The van der Waals surface area contributed by atoms with Crippen molar-refractivity contribution >= 4 is 23.9 Å². The lowest BCUT2D eigenvalue weighted by molar-refractivity contribution is -0.164. The first-order valence-corrected chi connectivity index (χ1v) is 12.0. The molecule has 1 aromatic rings. The number of alkyl carbamates (subject to hydrolysis) is 1. The Bertz CT molecular complexity index is 967. The van der Waals surface area contributed by atoms with Crippen LogP contribution in [0.4, 0.5) is 4.79 Å². The summed E-state index contributed by atoms with van der Waals surface area (Å²) in [6.45, 7) is 2.20. The van der Waals surface area contributed by atoms with Crippen molar-refractivity contribution in [1.29, 1.82) is 0 Å². The van der Waals surface area contributed by atoms with Gasteiger partial charge in [0.2, 0.25) is 18.1 Å². The molecule has 10 nitrogen and oxygen atoms in total. The smallest absolute Gasteiger partial charge is 0.408 e. The predicted molar refractivity (Wildman–Crippen MR) is 124 cm³/mol. The molecule has 0 radical (unpaired) electrons. The average Bonchev–Trinajstić information content (AvgIpc) is 3.41. The lowest BCUT2D eigenvalue weighted by Crippen LogP contribution is -2.57. The molecule has 5 atom stereocenters. The molecule has 4 rings (SSSR count). The Hall–Kier alpha value is -3.40. The van der Waals surface area contributed by atoms with Gasteiger partial charge in [0, 0.05) is 12.6 Å². The molecule has 0 aromatic heterocycles. The number of cyclic esters (lactones) is 1.